The van der Waals surface area contributed by atoms with E-state index in [1.807, 2.05) is 6.08 Å². The summed E-state index contributed by atoms with van der Waals surface area (Å²) in [5.41, 5.74) is 1.72. The first-order chi connectivity index (χ1) is 15.3. The van der Waals surface area contributed by atoms with Crippen LogP contribution in [-0.2, 0) is 9.53 Å². The molecule has 1 N–H and O–H groups in total. The zero-order valence-electron chi connectivity index (χ0n) is 18.5. The Morgan fingerprint density at radius 2 is 1.62 bits per heavy atom. The zero-order chi connectivity index (χ0) is 22.3. The molecule has 0 bridgehead atoms. The third kappa shape index (κ3) is 2.67. The first-order valence-corrected chi connectivity index (χ1v) is 12.1. The van der Waals surface area contributed by atoms with Crippen LogP contribution >= 0.6 is 0 Å². The van der Waals surface area contributed by atoms with Gasteiger partial charge in [0.1, 0.15) is 0 Å². The van der Waals surface area contributed by atoms with Crippen molar-refractivity contribution in [2.45, 2.75) is 70.2 Å². The maximum absolute atomic E-state index is 13.0. The first-order valence-electron chi connectivity index (χ1n) is 12.1. The van der Waals surface area contributed by atoms with Gasteiger partial charge in [0.2, 0.25) is 11.6 Å². The van der Waals surface area contributed by atoms with Gasteiger partial charge in [-0.3, -0.25) is 14.4 Å². The first kappa shape index (κ1) is 20.5. The largest absolute Gasteiger partial charge is 0.353 e. The van der Waals surface area contributed by atoms with E-state index in [-0.39, 0.29) is 28.4 Å². The lowest BCUT2D eigenvalue weighted by Gasteiger charge is -2.54. The highest BCUT2D eigenvalue weighted by Crippen LogP contribution is 2.62. The maximum Gasteiger partial charge on any atom is 0.297 e. The van der Waals surface area contributed by atoms with Crippen LogP contribution in [0.3, 0.4) is 0 Å². The molecule has 5 heteroatoms. The molecule has 5 nitrogen and oxygen atoms in total. The molecule has 0 radical (unpaired) electrons. The Morgan fingerprint density at radius 1 is 0.906 bits per heavy atom. The highest BCUT2D eigenvalue weighted by Gasteiger charge is 2.61. The number of aliphatic hydroxyl groups is 1. The van der Waals surface area contributed by atoms with Crippen LogP contribution < -0.4 is 0 Å². The molecule has 3 fully saturated rings. The summed E-state index contributed by atoms with van der Waals surface area (Å²) < 4.78 is 6.14. The monoisotopic (exact) mass is 434 g/mol. The fourth-order valence-corrected chi connectivity index (χ4v) is 7.99. The van der Waals surface area contributed by atoms with Crippen molar-refractivity contribution >= 4 is 17.3 Å². The average molecular weight is 435 g/mol. The van der Waals surface area contributed by atoms with E-state index in [1.54, 1.807) is 24.3 Å². The van der Waals surface area contributed by atoms with Crippen LogP contribution in [0.15, 0.2) is 35.9 Å². The van der Waals surface area contributed by atoms with E-state index < -0.39 is 17.4 Å². The Morgan fingerprint density at radius 3 is 2.34 bits per heavy atom. The Hall–Kier alpha value is -2.11. The number of benzene rings is 1. The highest BCUT2D eigenvalue weighted by molar-refractivity contribution is 6.30. The van der Waals surface area contributed by atoms with Gasteiger partial charge in [0.15, 0.2) is 5.78 Å². The fourth-order valence-electron chi connectivity index (χ4n) is 7.99. The molecule has 0 aromatic heterocycles. The van der Waals surface area contributed by atoms with Crippen molar-refractivity contribution < 1.29 is 24.2 Å². The van der Waals surface area contributed by atoms with Crippen LogP contribution in [0.4, 0.5) is 0 Å². The lowest BCUT2D eigenvalue weighted by atomic mass is 9.52. The molecule has 0 aliphatic heterocycles. The van der Waals surface area contributed by atoms with Gasteiger partial charge in [0.25, 0.3) is 5.79 Å². The number of hydrogen-bond acceptors (Lipinski definition) is 5. The number of allylic oxidation sites excluding steroid dienone is 1. The number of Topliss-reactive ketones (excluding diaryl/α,β-unsaturated/α-hetero) is 2. The van der Waals surface area contributed by atoms with E-state index >= 15 is 0 Å². The van der Waals surface area contributed by atoms with Crippen molar-refractivity contribution in [3.8, 4) is 0 Å². The summed E-state index contributed by atoms with van der Waals surface area (Å²) in [6, 6.07) is 6.58. The van der Waals surface area contributed by atoms with Crippen molar-refractivity contribution in [3.05, 3.63) is 47.0 Å². The molecule has 0 saturated heterocycles. The molecule has 0 spiro atoms. The second-order valence-electron chi connectivity index (χ2n) is 10.9. The van der Waals surface area contributed by atoms with Gasteiger partial charge in [-0.05, 0) is 80.1 Å². The van der Waals surface area contributed by atoms with Gasteiger partial charge < -0.3 is 9.84 Å². The Kier molecular flexibility index (Phi) is 4.45. The van der Waals surface area contributed by atoms with E-state index in [1.165, 1.54) is 5.57 Å². The second-order valence-corrected chi connectivity index (χ2v) is 10.9. The van der Waals surface area contributed by atoms with E-state index in [9.17, 15) is 19.5 Å². The quantitative estimate of drug-likeness (QED) is 0.555. The topological polar surface area (TPSA) is 80.7 Å². The number of fused-ring (bicyclic) bond motifs is 6. The average Bonchev–Trinajstić information content (AvgIpc) is 3.21. The number of rotatable bonds is 2. The number of ketones is 3. The van der Waals surface area contributed by atoms with Crippen molar-refractivity contribution in [1.82, 2.24) is 0 Å². The van der Waals surface area contributed by atoms with Crippen LogP contribution in [0.1, 0.15) is 79.0 Å². The molecule has 0 unspecified atom stereocenters. The smallest absolute Gasteiger partial charge is 0.297 e. The van der Waals surface area contributed by atoms with E-state index in [0.29, 0.717) is 30.1 Å². The van der Waals surface area contributed by atoms with Crippen LogP contribution in [0.5, 0.6) is 0 Å². The van der Waals surface area contributed by atoms with Crippen molar-refractivity contribution in [1.29, 1.82) is 0 Å². The molecular weight excluding hydrogens is 404 g/mol. The summed E-state index contributed by atoms with van der Waals surface area (Å²) in [7, 11) is 0. The molecule has 6 atom stereocenters. The van der Waals surface area contributed by atoms with E-state index in [0.717, 1.165) is 44.9 Å². The van der Waals surface area contributed by atoms with Crippen LogP contribution in [0, 0.1) is 29.1 Å². The zero-order valence-corrected chi connectivity index (χ0v) is 18.5. The third-order valence-corrected chi connectivity index (χ3v) is 9.56. The Bertz CT molecular complexity index is 1020. The summed E-state index contributed by atoms with van der Waals surface area (Å²) in [6.45, 7) is 2.24. The van der Waals surface area contributed by atoms with Gasteiger partial charge in [-0.2, -0.15) is 0 Å². The predicted molar refractivity (Wildman–Crippen MR) is 117 cm³/mol. The molecule has 5 aliphatic carbocycles. The van der Waals surface area contributed by atoms with Gasteiger partial charge >= 0.3 is 0 Å². The normalized spacial score (nSPS) is 39.8. The standard InChI is InChI=1S/C27H30O5/c1-26-13-12-18-17-9-7-16(28)14-15(17)6-8-19(18)22(26)10-11-23(26)32-27(31)24(29)20-4-2-3-5-21(20)25(27)30/h2-5,14,17-19,22-23,31H,6-13H2,1H3/t17-,18+,19+,22-,23+,26-/m1/s1. The highest BCUT2D eigenvalue weighted by atomic mass is 16.6. The molecule has 1 aromatic carbocycles. The fraction of sp³-hybridized carbons (Fsp3) is 0.593. The van der Waals surface area contributed by atoms with Gasteiger partial charge in [-0.1, -0.05) is 36.8 Å². The van der Waals surface area contributed by atoms with Crippen LogP contribution in [-0.4, -0.2) is 34.3 Å². The van der Waals surface area contributed by atoms with Crippen molar-refractivity contribution in [2.24, 2.45) is 29.1 Å². The third-order valence-electron chi connectivity index (χ3n) is 9.56. The molecule has 32 heavy (non-hydrogen) atoms. The summed E-state index contributed by atoms with van der Waals surface area (Å²) in [5, 5.41) is 11.2. The minimum Gasteiger partial charge on any atom is -0.353 e. The van der Waals surface area contributed by atoms with E-state index in [2.05, 4.69) is 6.92 Å². The van der Waals surface area contributed by atoms with Gasteiger partial charge in [-0.15, -0.1) is 0 Å². The number of carbonyl (C=O) groups excluding carboxylic acids is 3. The lowest BCUT2D eigenvalue weighted by Crippen LogP contribution is -2.53. The molecule has 5 aliphatic rings. The number of ether oxygens (including phenoxy) is 1. The molecule has 1 aromatic rings. The molecular formula is C27H30O5. The molecule has 0 amide bonds. The summed E-state index contributed by atoms with van der Waals surface area (Å²) in [4.78, 5) is 37.8. The summed E-state index contributed by atoms with van der Waals surface area (Å²) in [5.74, 6) is -1.17. The summed E-state index contributed by atoms with van der Waals surface area (Å²) in [6.07, 6.45) is 9.16. The van der Waals surface area contributed by atoms with Gasteiger partial charge in [0.05, 0.1) is 6.10 Å². The SMILES string of the molecule is C[C@@]12CC[C@@H]3[C@H](CCC4=CC(=O)CC[C@H]43)[C@H]1CC[C@@H]2OC1(O)C(=O)c2ccccc2C1=O. The maximum atomic E-state index is 13.0. The Balaban J connectivity index is 1.25. The van der Waals surface area contributed by atoms with Gasteiger partial charge in [-0.25, -0.2) is 0 Å². The molecule has 0 heterocycles. The molecule has 168 valence electrons. The molecule has 6 rings (SSSR count). The second kappa shape index (κ2) is 6.94. The number of hydrogen-bond donors (Lipinski definition) is 1. The van der Waals surface area contributed by atoms with Crippen molar-refractivity contribution in [2.75, 3.05) is 0 Å². The van der Waals surface area contributed by atoms with E-state index in [4.69, 9.17) is 4.74 Å². The number of carbonyl (C=O) groups is 3. The lowest BCUT2D eigenvalue weighted by molar-refractivity contribution is -0.194. The Labute approximate surface area is 188 Å². The molecule has 3 saturated carbocycles. The predicted octanol–water partition coefficient (Wildman–Crippen LogP) is 4.28. The van der Waals surface area contributed by atoms with Gasteiger partial charge in [0, 0.05) is 17.5 Å². The van der Waals surface area contributed by atoms with Crippen LogP contribution in [0.25, 0.3) is 0 Å². The minimum atomic E-state index is -2.39. The van der Waals surface area contributed by atoms with Crippen LogP contribution in [0.2, 0.25) is 0 Å². The minimum absolute atomic E-state index is 0.155. The summed E-state index contributed by atoms with van der Waals surface area (Å²) >= 11 is 0. The van der Waals surface area contributed by atoms with Crippen molar-refractivity contribution in [3.63, 3.8) is 0 Å².